The average molecular weight is 379 g/mol. The average Bonchev–Trinajstić information content (AvgIpc) is 3.01. The normalized spacial score (nSPS) is 11.8. The lowest BCUT2D eigenvalue weighted by atomic mass is 10.3. The van der Waals surface area contributed by atoms with Gasteiger partial charge in [0.05, 0.1) is 17.9 Å². The number of aryl methyl sites for hydroxylation is 1. The van der Waals surface area contributed by atoms with Gasteiger partial charge in [0, 0.05) is 19.8 Å². The molecule has 0 aliphatic heterocycles. The third-order valence-electron chi connectivity index (χ3n) is 3.95. The van der Waals surface area contributed by atoms with Crippen LogP contribution in [0.25, 0.3) is 11.2 Å². The number of nitrogens with two attached hydrogens (primary N) is 1. The van der Waals surface area contributed by atoms with E-state index in [2.05, 4.69) is 4.98 Å². The summed E-state index contributed by atoms with van der Waals surface area (Å²) in [6.07, 6.45) is 1.29. The second kappa shape index (κ2) is 6.09. The largest absolute Gasteiger partial charge is 0.757 e. The molecule has 0 aliphatic rings. The maximum Gasteiger partial charge on any atom is 0.332 e. The molecular weight excluding hydrogens is 364 g/mol. The van der Waals surface area contributed by atoms with Crippen LogP contribution >= 0.6 is 0 Å². The van der Waals surface area contributed by atoms with Gasteiger partial charge >= 0.3 is 5.69 Å². The van der Waals surface area contributed by atoms with Crippen molar-refractivity contribution in [1.29, 1.82) is 0 Å². The van der Waals surface area contributed by atoms with Crippen LogP contribution in [0.2, 0.25) is 0 Å². The van der Waals surface area contributed by atoms with Crippen molar-refractivity contribution >= 4 is 26.9 Å². The monoisotopic (exact) mass is 379 g/mol. The summed E-state index contributed by atoms with van der Waals surface area (Å²) in [4.78, 5) is 28.2. The first-order valence-electron chi connectivity index (χ1n) is 7.29. The summed E-state index contributed by atoms with van der Waals surface area (Å²) in [5, 5.41) is 17.9. The second-order valence-electron chi connectivity index (χ2n) is 5.65. The second-order valence-corrected chi connectivity index (χ2v) is 7.21. The number of hydroxylamine groups is 1. The summed E-state index contributed by atoms with van der Waals surface area (Å²) >= 11 is 0. The molecule has 0 radical (unpaired) electrons. The molecule has 138 valence electrons. The number of sulfonamides is 1. The molecule has 0 amide bonds. The van der Waals surface area contributed by atoms with Crippen molar-refractivity contribution in [3.8, 4) is 0 Å². The molecule has 2 aromatic heterocycles. The van der Waals surface area contributed by atoms with E-state index in [9.17, 15) is 23.2 Å². The Morgan fingerprint density at radius 3 is 2.35 bits per heavy atom. The Balaban J connectivity index is 1.99. The zero-order valence-corrected chi connectivity index (χ0v) is 14.7. The van der Waals surface area contributed by atoms with Crippen LogP contribution in [0, 0.1) is 5.21 Å². The predicted octanol–water partition coefficient (Wildman–Crippen LogP) is -0.957. The number of anilines is 1. The van der Waals surface area contributed by atoms with Crippen molar-refractivity contribution in [3.63, 3.8) is 0 Å². The first-order chi connectivity index (χ1) is 12.1. The number of primary sulfonamides is 1. The molecule has 0 aliphatic carbocycles. The van der Waals surface area contributed by atoms with Crippen molar-refractivity contribution in [1.82, 2.24) is 18.7 Å². The number of hydrogen-bond acceptors (Lipinski definition) is 7. The van der Waals surface area contributed by atoms with Crippen LogP contribution in [-0.2, 0) is 30.8 Å². The third-order valence-corrected chi connectivity index (χ3v) is 4.88. The highest BCUT2D eigenvalue weighted by molar-refractivity contribution is 7.89. The summed E-state index contributed by atoms with van der Waals surface area (Å²) in [5.74, 6) is 0. The fourth-order valence-corrected chi connectivity index (χ4v) is 3.04. The smallest absolute Gasteiger partial charge is 0.332 e. The maximum absolute atomic E-state index is 12.4. The zero-order chi connectivity index (χ0) is 19.2. The van der Waals surface area contributed by atoms with Gasteiger partial charge in [-0.15, -0.1) is 0 Å². The van der Waals surface area contributed by atoms with E-state index in [0.29, 0.717) is 5.06 Å². The number of nitrogens with zero attached hydrogens (tertiary/aromatic N) is 5. The quantitative estimate of drug-likeness (QED) is 0.574. The molecule has 1 aromatic carbocycles. The van der Waals surface area contributed by atoms with Crippen molar-refractivity contribution in [3.05, 3.63) is 56.6 Å². The lowest BCUT2D eigenvalue weighted by Gasteiger charge is -2.31. The molecule has 12 heteroatoms. The molecule has 0 unspecified atom stereocenters. The third kappa shape index (κ3) is 2.89. The van der Waals surface area contributed by atoms with Gasteiger partial charge in [-0.1, -0.05) is 0 Å². The van der Waals surface area contributed by atoms with E-state index in [1.54, 1.807) is 0 Å². The number of fused-ring (bicyclic) bond motifs is 1. The molecular formula is C14H15N6O5S-. The van der Waals surface area contributed by atoms with Crippen LogP contribution in [0.5, 0.6) is 0 Å². The lowest BCUT2D eigenvalue weighted by Crippen LogP contribution is -2.38. The van der Waals surface area contributed by atoms with Gasteiger partial charge < -0.3 is 14.8 Å². The minimum Gasteiger partial charge on any atom is -0.757 e. The fraction of sp³-hybridized carbons (Fsp3) is 0.214. The van der Waals surface area contributed by atoms with Gasteiger partial charge in [-0.05, 0) is 24.3 Å². The van der Waals surface area contributed by atoms with Crippen molar-refractivity contribution in [2.45, 2.75) is 11.6 Å². The van der Waals surface area contributed by atoms with E-state index in [1.165, 1.54) is 53.8 Å². The molecule has 11 nitrogen and oxygen atoms in total. The Labute approximate surface area is 147 Å². The zero-order valence-electron chi connectivity index (χ0n) is 13.9. The highest BCUT2D eigenvalue weighted by Gasteiger charge is 2.14. The molecule has 0 atom stereocenters. The minimum atomic E-state index is -3.86. The SMILES string of the molecule is Cn1c(=O)c2c(ncn2CN([O-])c2ccc(S(N)(=O)=O)cc2)n(C)c1=O. The van der Waals surface area contributed by atoms with E-state index >= 15 is 0 Å². The molecule has 0 saturated heterocycles. The van der Waals surface area contributed by atoms with E-state index in [4.69, 9.17) is 5.14 Å². The van der Waals surface area contributed by atoms with Crippen LogP contribution in [0.3, 0.4) is 0 Å². The predicted molar refractivity (Wildman–Crippen MR) is 93.9 cm³/mol. The number of hydrogen-bond donors (Lipinski definition) is 1. The summed E-state index contributed by atoms with van der Waals surface area (Å²) < 4.78 is 26.0. The van der Waals surface area contributed by atoms with Crippen LogP contribution in [0.4, 0.5) is 5.69 Å². The molecule has 3 rings (SSSR count). The van der Waals surface area contributed by atoms with Crippen molar-refractivity contribution in [2.75, 3.05) is 5.06 Å². The molecule has 2 heterocycles. The maximum atomic E-state index is 12.4. The van der Waals surface area contributed by atoms with Crippen molar-refractivity contribution < 1.29 is 8.42 Å². The van der Waals surface area contributed by atoms with Gasteiger partial charge in [0.15, 0.2) is 11.2 Å². The Morgan fingerprint density at radius 2 is 1.77 bits per heavy atom. The molecule has 0 bridgehead atoms. The Hall–Kier alpha value is -2.96. The van der Waals surface area contributed by atoms with E-state index in [0.717, 1.165) is 4.57 Å². The van der Waals surface area contributed by atoms with Crippen LogP contribution in [0.1, 0.15) is 0 Å². The van der Waals surface area contributed by atoms with Crippen molar-refractivity contribution in [2.24, 2.45) is 19.2 Å². The highest BCUT2D eigenvalue weighted by atomic mass is 32.2. The Bertz CT molecular complexity index is 1210. The van der Waals surface area contributed by atoms with E-state index in [-0.39, 0.29) is 28.4 Å². The van der Waals surface area contributed by atoms with Gasteiger partial charge in [-0.2, -0.15) is 0 Å². The summed E-state index contributed by atoms with van der Waals surface area (Å²) in [6, 6.07) is 5.04. The molecule has 0 fully saturated rings. The molecule has 26 heavy (non-hydrogen) atoms. The summed E-state index contributed by atoms with van der Waals surface area (Å²) in [6.45, 7) is -0.279. The topological polar surface area (TPSA) is 148 Å². The van der Waals surface area contributed by atoms with E-state index in [1.807, 2.05) is 0 Å². The van der Waals surface area contributed by atoms with Gasteiger partial charge in [0.2, 0.25) is 10.0 Å². The van der Waals surface area contributed by atoms with Gasteiger partial charge in [-0.25, -0.2) is 23.3 Å². The number of imidazole rings is 1. The highest BCUT2D eigenvalue weighted by Crippen LogP contribution is 2.18. The first kappa shape index (κ1) is 17.8. The molecule has 0 saturated carbocycles. The number of rotatable bonds is 4. The Kier molecular flexibility index (Phi) is 4.18. The summed E-state index contributed by atoms with van der Waals surface area (Å²) in [7, 11) is -1.05. The number of benzene rings is 1. The molecule has 0 spiro atoms. The van der Waals surface area contributed by atoms with Crippen LogP contribution < -0.4 is 21.5 Å². The minimum absolute atomic E-state index is 0.108. The molecule has 3 aromatic rings. The van der Waals surface area contributed by atoms with Gasteiger partial charge in [0.25, 0.3) is 5.56 Å². The standard InChI is InChI=1S/C14H15N6O5S/c1-17-12-11(13(21)18(2)14(17)22)19(7-16-12)8-20(23)9-3-5-10(6-4-9)26(15,24)25/h3-7H,8H2,1-2H3,(H2,15,24,25)/q-1. The van der Waals surface area contributed by atoms with Crippen LogP contribution in [0.15, 0.2) is 45.1 Å². The number of aromatic nitrogens is 4. The molecule has 2 N–H and O–H groups in total. The first-order valence-corrected chi connectivity index (χ1v) is 8.84. The summed E-state index contributed by atoms with van der Waals surface area (Å²) in [5.41, 5.74) is -0.655. The lowest BCUT2D eigenvalue weighted by molar-refractivity contribution is 0.598. The van der Waals surface area contributed by atoms with Gasteiger partial charge in [0.1, 0.15) is 0 Å². The Morgan fingerprint density at radius 1 is 1.15 bits per heavy atom. The van der Waals surface area contributed by atoms with Gasteiger partial charge in [-0.3, -0.25) is 13.9 Å². The van der Waals surface area contributed by atoms with E-state index < -0.39 is 21.3 Å². The van der Waals surface area contributed by atoms with Crippen LogP contribution in [-0.4, -0.2) is 27.1 Å². The fourth-order valence-electron chi connectivity index (χ4n) is 2.53.